The van der Waals surface area contributed by atoms with Crippen molar-refractivity contribution in [3.63, 3.8) is 0 Å². The Morgan fingerprint density at radius 1 is 1.38 bits per heavy atom. The molecule has 1 amide bonds. The van der Waals surface area contributed by atoms with Crippen LogP contribution in [0.2, 0.25) is 0 Å². The molecule has 5 heteroatoms. The molecule has 2 heterocycles. The van der Waals surface area contributed by atoms with E-state index in [2.05, 4.69) is 20.9 Å². The molecule has 4 nitrogen and oxygen atoms in total. The van der Waals surface area contributed by atoms with Gasteiger partial charge >= 0.3 is 0 Å². The Morgan fingerprint density at radius 3 is 2.90 bits per heavy atom. The number of fused-ring (bicyclic) bond motifs is 1. The van der Waals surface area contributed by atoms with Crippen molar-refractivity contribution in [3.8, 4) is 0 Å². The predicted molar refractivity (Wildman–Crippen MR) is 84.5 cm³/mol. The number of benzene rings is 1. The highest BCUT2D eigenvalue weighted by Crippen LogP contribution is 2.33. The van der Waals surface area contributed by atoms with Gasteiger partial charge in [-0.15, -0.1) is 0 Å². The van der Waals surface area contributed by atoms with E-state index in [1.807, 2.05) is 43.3 Å². The van der Waals surface area contributed by atoms with Gasteiger partial charge in [0.25, 0.3) is 5.91 Å². The van der Waals surface area contributed by atoms with Crippen LogP contribution in [0, 0.1) is 6.92 Å². The molecule has 1 aliphatic rings. The fourth-order valence-electron chi connectivity index (χ4n) is 2.69. The molecule has 0 bridgehead atoms. The summed E-state index contributed by atoms with van der Waals surface area (Å²) in [5.74, 6) is -0.186. The smallest absolute Gasteiger partial charge is 0.278 e. The molecule has 3 rings (SSSR count). The van der Waals surface area contributed by atoms with Gasteiger partial charge in [0, 0.05) is 15.9 Å². The van der Waals surface area contributed by atoms with Crippen LogP contribution in [0.4, 0.5) is 5.69 Å². The van der Waals surface area contributed by atoms with E-state index in [-0.39, 0.29) is 18.6 Å². The number of nitrogens with zero attached hydrogens (tertiary/aromatic N) is 2. The molecule has 0 saturated carbocycles. The van der Waals surface area contributed by atoms with Crippen LogP contribution in [-0.2, 0) is 6.42 Å². The van der Waals surface area contributed by atoms with E-state index in [0.717, 1.165) is 16.9 Å². The molecule has 108 valence electrons. The van der Waals surface area contributed by atoms with Crippen LogP contribution >= 0.6 is 15.9 Å². The van der Waals surface area contributed by atoms with Gasteiger partial charge in [0.05, 0.1) is 12.6 Å². The van der Waals surface area contributed by atoms with Crippen molar-refractivity contribution < 1.29 is 9.90 Å². The van der Waals surface area contributed by atoms with Gasteiger partial charge < -0.3 is 10.0 Å². The summed E-state index contributed by atoms with van der Waals surface area (Å²) < 4.78 is 0.666. The Balaban J connectivity index is 2.05. The minimum atomic E-state index is -0.232. The number of aliphatic hydroxyl groups excluding tert-OH is 1. The first-order chi connectivity index (χ1) is 10.1. The van der Waals surface area contributed by atoms with E-state index in [1.54, 1.807) is 4.90 Å². The number of aromatic nitrogens is 1. The van der Waals surface area contributed by atoms with E-state index in [4.69, 9.17) is 0 Å². The average molecular weight is 347 g/mol. The summed E-state index contributed by atoms with van der Waals surface area (Å²) in [4.78, 5) is 18.9. The summed E-state index contributed by atoms with van der Waals surface area (Å²) in [6.45, 7) is 1.79. The number of rotatable bonds is 2. The molecule has 1 aromatic carbocycles. The largest absolute Gasteiger partial charge is 0.394 e. The molecule has 0 saturated heterocycles. The second-order valence-corrected chi connectivity index (χ2v) is 5.98. The number of aliphatic hydroxyl groups is 1. The van der Waals surface area contributed by atoms with Gasteiger partial charge in [-0.05, 0) is 53.0 Å². The molecule has 1 atom stereocenters. The Hall–Kier alpha value is -1.72. The fraction of sp³-hybridized carbons (Fsp3) is 0.250. The number of hydrogen-bond acceptors (Lipinski definition) is 3. The summed E-state index contributed by atoms with van der Waals surface area (Å²) in [6, 6.07) is 11.2. The maximum Gasteiger partial charge on any atom is 0.278 e. The molecule has 0 fully saturated rings. The average Bonchev–Trinajstić information content (AvgIpc) is 2.87. The number of hydrogen-bond donors (Lipinski definition) is 1. The van der Waals surface area contributed by atoms with E-state index in [0.29, 0.717) is 16.6 Å². The van der Waals surface area contributed by atoms with E-state index >= 15 is 0 Å². The van der Waals surface area contributed by atoms with Crippen molar-refractivity contribution in [2.75, 3.05) is 11.5 Å². The molecule has 0 spiro atoms. The lowest BCUT2D eigenvalue weighted by atomic mass is 10.1. The summed E-state index contributed by atoms with van der Waals surface area (Å²) in [6.07, 6.45) is 0.669. The molecule has 1 N–H and O–H groups in total. The molecular weight excluding hydrogens is 332 g/mol. The molecule has 1 aromatic heterocycles. The van der Waals surface area contributed by atoms with Crippen LogP contribution in [0.1, 0.15) is 21.7 Å². The van der Waals surface area contributed by atoms with Gasteiger partial charge in [-0.1, -0.05) is 18.2 Å². The SMILES string of the molecule is Cc1ccc(Br)c(C(=O)N2c3ccccc3CC2CO)n1. The predicted octanol–water partition coefficient (Wildman–Crippen LogP) is 2.72. The molecule has 1 unspecified atom stereocenters. The topological polar surface area (TPSA) is 53.4 Å². The number of halogens is 1. The zero-order chi connectivity index (χ0) is 15.0. The first-order valence-electron chi connectivity index (χ1n) is 6.77. The number of aryl methyl sites for hydroxylation is 1. The number of carbonyl (C=O) groups is 1. The number of para-hydroxylation sites is 1. The van der Waals surface area contributed by atoms with Gasteiger partial charge in [-0.2, -0.15) is 0 Å². The van der Waals surface area contributed by atoms with Crippen LogP contribution in [0.15, 0.2) is 40.9 Å². The Bertz CT molecular complexity index is 702. The highest BCUT2D eigenvalue weighted by molar-refractivity contribution is 9.10. The van der Waals surface area contributed by atoms with E-state index in [1.165, 1.54) is 0 Å². The fourth-order valence-corrected chi connectivity index (χ4v) is 3.08. The zero-order valence-electron chi connectivity index (χ0n) is 11.6. The summed E-state index contributed by atoms with van der Waals surface area (Å²) in [7, 11) is 0. The second-order valence-electron chi connectivity index (χ2n) is 5.13. The molecule has 0 radical (unpaired) electrons. The van der Waals surface area contributed by atoms with E-state index in [9.17, 15) is 9.90 Å². The third-order valence-electron chi connectivity index (χ3n) is 3.69. The molecule has 1 aliphatic heterocycles. The third-order valence-corrected chi connectivity index (χ3v) is 4.33. The highest BCUT2D eigenvalue weighted by Gasteiger charge is 2.34. The minimum Gasteiger partial charge on any atom is -0.394 e. The van der Waals surface area contributed by atoms with Gasteiger partial charge in [0.15, 0.2) is 0 Å². The number of amides is 1. The number of carbonyl (C=O) groups excluding carboxylic acids is 1. The molecular formula is C16H15BrN2O2. The van der Waals surface area contributed by atoms with Crippen LogP contribution in [0.5, 0.6) is 0 Å². The number of anilines is 1. The standard InChI is InChI=1S/C16H15BrN2O2/c1-10-6-7-13(17)15(18-10)16(21)19-12(9-20)8-11-4-2-3-5-14(11)19/h2-7,12,20H,8-9H2,1H3. The lowest BCUT2D eigenvalue weighted by molar-refractivity contribution is 0.0962. The Kier molecular flexibility index (Phi) is 3.78. The third kappa shape index (κ3) is 2.47. The van der Waals surface area contributed by atoms with Crippen molar-refractivity contribution in [2.45, 2.75) is 19.4 Å². The monoisotopic (exact) mass is 346 g/mol. The Morgan fingerprint density at radius 2 is 2.14 bits per heavy atom. The van der Waals surface area contributed by atoms with Gasteiger partial charge in [-0.3, -0.25) is 4.79 Å². The van der Waals surface area contributed by atoms with Crippen molar-refractivity contribution in [1.29, 1.82) is 0 Å². The lowest BCUT2D eigenvalue weighted by Gasteiger charge is -2.24. The quantitative estimate of drug-likeness (QED) is 0.909. The van der Waals surface area contributed by atoms with Crippen molar-refractivity contribution in [1.82, 2.24) is 4.98 Å². The van der Waals surface area contributed by atoms with Crippen molar-refractivity contribution >= 4 is 27.5 Å². The van der Waals surface area contributed by atoms with Crippen LogP contribution < -0.4 is 4.90 Å². The van der Waals surface area contributed by atoms with Crippen LogP contribution in [-0.4, -0.2) is 28.6 Å². The number of pyridine rings is 1. The van der Waals surface area contributed by atoms with E-state index < -0.39 is 0 Å². The molecule has 21 heavy (non-hydrogen) atoms. The summed E-state index contributed by atoms with van der Waals surface area (Å²) in [5, 5.41) is 9.60. The lowest BCUT2D eigenvalue weighted by Crippen LogP contribution is -2.40. The van der Waals surface area contributed by atoms with Crippen LogP contribution in [0.25, 0.3) is 0 Å². The van der Waals surface area contributed by atoms with Gasteiger partial charge in [0.2, 0.25) is 0 Å². The maximum absolute atomic E-state index is 12.9. The molecule has 2 aromatic rings. The maximum atomic E-state index is 12.9. The van der Waals surface area contributed by atoms with Crippen LogP contribution in [0.3, 0.4) is 0 Å². The highest BCUT2D eigenvalue weighted by atomic mass is 79.9. The van der Waals surface area contributed by atoms with Crippen molar-refractivity contribution in [2.24, 2.45) is 0 Å². The molecule has 0 aliphatic carbocycles. The summed E-state index contributed by atoms with van der Waals surface area (Å²) in [5.41, 5.74) is 3.10. The van der Waals surface area contributed by atoms with Crippen molar-refractivity contribution in [3.05, 3.63) is 57.8 Å². The summed E-state index contributed by atoms with van der Waals surface area (Å²) >= 11 is 3.39. The zero-order valence-corrected chi connectivity index (χ0v) is 13.2. The normalized spacial score (nSPS) is 16.9. The van der Waals surface area contributed by atoms with Gasteiger partial charge in [0.1, 0.15) is 5.69 Å². The first kappa shape index (κ1) is 14.2. The second kappa shape index (κ2) is 5.58. The van der Waals surface area contributed by atoms with Gasteiger partial charge in [-0.25, -0.2) is 4.98 Å². The Labute approximate surface area is 131 Å². The first-order valence-corrected chi connectivity index (χ1v) is 7.56. The minimum absolute atomic E-state index is 0.0656.